The van der Waals surface area contributed by atoms with Crippen molar-refractivity contribution in [1.82, 2.24) is 0 Å². The molecule has 0 spiro atoms. The lowest BCUT2D eigenvalue weighted by molar-refractivity contribution is -0.136. The quantitative estimate of drug-likeness (QED) is 0.591. The maximum Gasteiger partial charge on any atom is 0.349 e. The van der Waals surface area contributed by atoms with Gasteiger partial charge in [0, 0.05) is 0 Å². The third-order valence-electron chi connectivity index (χ3n) is 3.44. The summed E-state index contributed by atoms with van der Waals surface area (Å²) in [6.07, 6.45) is 2.13. The summed E-state index contributed by atoms with van der Waals surface area (Å²) in [5.74, 6) is 0.901. The summed E-state index contributed by atoms with van der Waals surface area (Å²) in [5, 5.41) is 0. The molecule has 3 nitrogen and oxygen atoms in total. The Bertz CT molecular complexity index is 609. The highest BCUT2D eigenvalue weighted by molar-refractivity contribution is 5.74. The maximum atomic E-state index is 11.9. The van der Waals surface area contributed by atoms with E-state index in [4.69, 9.17) is 9.47 Å². The Morgan fingerprint density at radius 3 is 2.23 bits per heavy atom. The number of para-hydroxylation sites is 1. The summed E-state index contributed by atoms with van der Waals surface area (Å²) < 4.78 is 10.9. The lowest BCUT2D eigenvalue weighted by Crippen LogP contribution is -2.18. The van der Waals surface area contributed by atoms with Crippen LogP contribution in [0.1, 0.15) is 30.0 Å². The second kappa shape index (κ2) is 7.64. The van der Waals surface area contributed by atoms with E-state index in [1.54, 1.807) is 0 Å². The number of rotatable bonds is 6. The average Bonchev–Trinajstić information content (AvgIpc) is 2.49. The van der Waals surface area contributed by atoms with E-state index in [0.717, 1.165) is 29.7 Å². The molecule has 0 unspecified atom stereocenters. The number of carbonyl (C=O) groups excluding carboxylic acids is 1. The summed E-state index contributed by atoms with van der Waals surface area (Å²) >= 11 is 0. The molecule has 0 saturated carbocycles. The summed E-state index contributed by atoms with van der Waals surface area (Å²) in [6, 6.07) is 13.5. The first-order valence-electron chi connectivity index (χ1n) is 7.58. The largest absolute Gasteiger partial charge is 0.481 e. The van der Waals surface area contributed by atoms with Gasteiger partial charge in [-0.3, -0.25) is 0 Å². The van der Waals surface area contributed by atoms with Crippen molar-refractivity contribution in [2.75, 3.05) is 6.61 Å². The van der Waals surface area contributed by atoms with Crippen molar-refractivity contribution >= 4 is 5.97 Å². The van der Waals surface area contributed by atoms with Crippen LogP contribution in [0.25, 0.3) is 0 Å². The summed E-state index contributed by atoms with van der Waals surface area (Å²) in [4.78, 5) is 11.9. The second-order valence-corrected chi connectivity index (χ2v) is 5.38. The van der Waals surface area contributed by atoms with Crippen LogP contribution in [-0.2, 0) is 11.2 Å². The number of hydrogen-bond donors (Lipinski definition) is 0. The Hall–Kier alpha value is -2.29. The van der Waals surface area contributed by atoms with Gasteiger partial charge in [-0.25, -0.2) is 4.79 Å². The first kappa shape index (κ1) is 16.1. The maximum absolute atomic E-state index is 11.9. The minimum atomic E-state index is -0.397. The monoisotopic (exact) mass is 298 g/mol. The molecule has 0 aromatic heterocycles. The smallest absolute Gasteiger partial charge is 0.349 e. The van der Waals surface area contributed by atoms with Gasteiger partial charge in [-0.1, -0.05) is 43.7 Å². The van der Waals surface area contributed by atoms with Crippen LogP contribution in [0.4, 0.5) is 0 Å². The summed E-state index contributed by atoms with van der Waals surface area (Å²) in [5.41, 5.74) is 3.27. The van der Waals surface area contributed by atoms with Gasteiger partial charge >= 0.3 is 5.97 Å². The first-order chi connectivity index (χ1) is 10.6. The lowest BCUT2D eigenvalue weighted by Gasteiger charge is -2.11. The lowest BCUT2D eigenvalue weighted by atomic mass is 10.1. The molecule has 0 aliphatic rings. The molecule has 0 atom stereocenters. The zero-order valence-corrected chi connectivity index (χ0v) is 13.4. The van der Waals surface area contributed by atoms with Gasteiger partial charge < -0.3 is 9.47 Å². The number of hydrogen-bond acceptors (Lipinski definition) is 3. The van der Waals surface area contributed by atoms with Crippen LogP contribution in [0.5, 0.6) is 11.5 Å². The molecule has 0 radical (unpaired) electrons. The normalized spacial score (nSPS) is 10.3. The Balaban J connectivity index is 1.90. The van der Waals surface area contributed by atoms with Gasteiger partial charge in [0.05, 0.1) is 0 Å². The molecule has 0 saturated heterocycles. The highest BCUT2D eigenvalue weighted by atomic mass is 16.6. The number of ether oxygens (including phenoxy) is 2. The second-order valence-electron chi connectivity index (χ2n) is 5.38. The van der Waals surface area contributed by atoms with E-state index >= 15 is 0 Å². The molecule has 0 N–H and O–H groups in total. The van der Waals surface area contributed by atoms with Crippen molar-refractivity contribution < 1.29 is 14.3 Å². The van der Waals surface area contributed by atoms with Crippen molar-refractivity contribution in [3.63, 3.8) is 0 Å². The van der Waals surface area contributed by atoms with Crippen LogP contribution in [0, 0.1) is 13.8 Å². The van der Waals surface area contributed by atoms with Crippen LogP contribution in [0.3, 0.4) is 0 Å². The molecule has 0 aliphatic carbocycles. The van der Waals surface area contributed by atoms with Gasteiger partial charge in [0.1, 0.15) is 11.5 Å². The highest BCUT2D eigenvalue weighted by Crippen LogP contribution is 2.22. The van der Waals surface area contributed by atoms with Crippen molar-refractivity contribution in [1.29, 1.82) is 0 Å². The molecule has 0 amide bonds. The van der Waals surface area contributed by atoms with Gasteiger partial charge in [0.15, 0.2) is 6.61 Å². The number of benzene rings is 2. The Kier molecular flexibility index (Phi) is 5.59. The fraction of sp³-hybridized carbons (Fsp3) is 0.316. The predicted molar refractivity (Wildman–Crippen MR) is 87.5 cm³/mol. The summed E-state index contributed by atoms with van der Waals surface area (Å²) in [7, 11) is 0. The minimum absolute atomic E-state index is 0.0948. The SMILES string of the molecule is CCCc1ccc(OC(=O)COc2c(C)cccc2C)cc1. The van der Waals surface area contributed by atoms with Crippen molar-refractivity contribution in [2.45, 2.75) is 33.6 Å². The molecule has 3 heteroatoms. The fourth-order valence-electron chi connectivity index (χ4n) is 2.33. The molecule has 0 aliphatic heterocycles. The van der Waals surface area contributed by atoms with Gasteiger partial charge in [-0.05, 0) is 49.1 Å². The third kappa shape index (κ3) is 4.35. The van der Waals surface area contributed by atoms with Crippen LogP contribution in [-0.4, -0.2) is 12.6 Å². The van der Waals surface area contributed by atoms with Crippen molar-refractivity contribution in [2.24, 2.45) is 0 Å². The molecule has 2 aromatic carbocycles. The van der Waals surface area contributed by atoms with Crippen molar-refractivity contribution in [3.05, 3.63) is 59.2 Å². The highest BCUT2D eigenvalue weighted by Gasteiger charge is 2.09. The van der Waals surface area contributed by atoms with E-state index in [9.17, 15) is 4.79 Å². The molecule has 0 bridgehead atoms. The average molecular weight is 298 g/mol. The standard InChI is InChI=1S/C19H22O3/c1-4-6-16-9-11-17(12-10-16)22-18(20)13-21-19-14(2)7-5-8-15(19)3/h5,7-12H,4,6,13H2,1-3H3. The molecule has 0 heterocycles. The van der Waals surface area contributed by atoms with Crippen LogP contribution in [0.15, 0.2) is 42.5 Å². The first-order valence-corrected chi connectivity index (χ1v) is 7.58. The minimum Gasteiger partial charge on any atom is -0.481 e. The van der Waals surface area contributed by atoms with Gasteiger partial charge in [0.25, 0.3) is 0 Å². The number of carbonyl (C=O) groups is 1. The number of esters is 1. The van der Waals surface area contributed by atoms with E-state index in [1.165, 1.54) is 5.56 Å². The van der Waals surface area contributed by atoms with Crippen LogP contribution in [0.2, 0.25) is 0 Å². The Morgan fingerprint density at radius 2 is 1.64 bits per heavy atom. The fourth-order valence-corrected chi connectivity index (χ4v) is 2.33. The zero-order chi connectivity index (χ0) is 15.9. The zero-order valence-electron chi connectivity index (χ0n) is 13.4. The Labute approximate surface area is 131 Å². The topological polar surface area (TPSA) is 35.5 Å². The van der Waals surface area contributed by atoms with Gasteiger partial charge in [-0.2, -0.15) is 0 Å². The van der Waals surface area contributed by atoms with Crippen LogP contribution < -0.4 is 9.47 Å². The molecule has 2 aromatic rings. The molecular formula is C19H22O3. The van der Waals surface area contributed by atoms with E-state index in [0.29, 0.717) is 5.75 Å². The number of aryl methyl sites for hydroxylation is 3. The van der Waals surface area contributed by atoms with Gasteiger partial charge in [0.2, 0.25) is 0 Å². The molecule has 0 fully saturated rings. The van der Waals surface area contributed by atoms with Crippen molar-refractivity contribution in [3.8, 4) is 11.5 Å². The summed E-state index contributed by atoms with van der Waals surface area (Å²) in [6.45, 7) is 5.96. The van der Waals surface area contributed by atoms with E-state index < -0.39 is 5.97 Å². The molecule has 2 rings (SSSR count). The molecule has 22 heavy (non-hydrogen) atoms. The van der Waals surface area contributed by atoms with Crippen LogP contribution >= 0.6 is 0 Å². The molecular weight excluding hydrogens is 276 g/mol. The molecule has 116 valence electrons. The van der Waals surface area contributed by atoms with Gasteiger partial charge in [-0.15, -0.1) is 0 Å². The van der Waals surface area contributed by atoms with E-state index in [2.05, 4.69) is 6.92 Å². The third-order valence-corrected chi connectivity index (χ3v) is 3.44. The van der Waals surface area contributed by atoms with E-state index in [1.807, 2.05) is 56.3 Å². The Morgan fingerprint density at radius 1 is 1.00 bits per heavy atom. The van der Waals surface area contributed by atoms with E-state index in [-0.39, 0.29) is 6.61 Å². The predicted octanol–water partition coefficient (Wildman–Crippen LogP) is 4.24.